The van der Waals surface area contributed by atoms with E-state index in [4.69, 9.17) is 9.47 Å². The summed E-state index contributed by atoms with van der Waals surface area (Å²) >= 11 is 0. The van der Waals surface area contributed by atoms with Crippen molar-refractivity contribution in [2.45, 2.75) is 18.2 Å². The molecule has 0 aromatic heterocycles. The van der Waals surface area contributed by atoms with Gasteiger partial charge in [0.15, 0.2) is 0 Å². The average molecular weight is 473 g/mol. The van der Waals surface area contributed by atoms with Crippen molar-refractivity contribution in [2.24, 2.45) is 0 Å². The number of rotatable bonds is 9. The van der Waals surface area contributed by atoms with Gasteiger partial charge in [-0.25, -0.2) is 17.9 Å². The van der Waals surface area contributed by atoms with E-state index in [1.807, 2.05) is 4.72 Å². The van der Waals surface area contributed by atoms with Gasteiger partial charge in [0.05, 0.1) is 4.90 Å². The maximum Gasteiger partial charge on any atom is 0.573 e. The van der Waals surface area contributed by atoms with E-state index in [-0.39, 0.29) is 30.1 Å². The molecule has 0 bridgehead atoms. The molecule has 2 aromatic carbocycles. The monoisotopic (exact) mass is 473 g/mol. The van der Waals surface area contributed by atoms with E-state index in [0.29, 0.717) is 0 Å². The Morgan fingerprint density at radius 2 is 1.69 bits per heavy atom. The normalized spacial score (nSPS) is 11.4. The largest absolute Gasteiger partial charge is 0.573 e. The van der Waals surface area contributed by atoms with Gasteiger partial charge < -0.3 is 14.2 Å². The first-order valence-corrected chi connectivity index (χ1v) is 10.3. The van der Waals surface area contributed by atoms with Crippen LogP contribution in [-0.2, 0) is 19.6 Å². The third-order valence-electron chi connectivity index (χ3n) is 3.62. The summed E-state index contributed by atoms with van der Waals surface area (Å²) in [5.41, 5.74) is 0.175. The Morgan fingerprint density at radius 3 is 2.28 bits per heavy atom. The van der Waals surface area contributed by atoms with Crippen molar-refractivity contribution in [1.29, 1.82) is 0 Å². The lowest BCUT2D eigenvalue weighted by molar-refractivity contribution is -0.274. The molecule has 12 heteroatoms. The number of esters is 1. The number of carbonyl (C=O) groups excluding carboxylic acids is 2. The molecule has 172 valence electrons. The van der Waals surface area contributed by atoms with Crippen LogP contribution in [0.5, 0.6) is 11.5 Å². The van der Waals surface area contributed by atoms with E-state index >= 15 is 0 Å². The molecule has 0 saturated heterocycles. The lowest BCUT2D eigenvalue weighted by atomic mass is 10.2. The predicted molar refractivity (Wildman–Crippen MR) is 105 cm³/mol. The zero-order valence-corrected chi connectivity index (χ0v) is 17.5. The lowest BCUT2D eigenvalue weighted by Crippen LogP contribution is -2.30. The molecule has 32 heavy (non-hydrogen) atoms. The SMILES string of the molecule is C=C(C)C(=O)OCCOc1cccc(C(=O)NS(=O)(=O)c2ccc(OC(F)(F)F)cc2)c1. The first kappa shape index (κ1) is 24.7. The molecule has 0 fully saturated rings. The molecule has 0 aliphatic carbocycles. The van der Waals surface area contributed by atoms with E-state index < -0.39 is 38.9 Å². The molecular formula is C20H18F3NO7S. The fourth-order valence-corrected chi connectivity index (χ4v) is 3.18. The third kappa shape index (κ3) is 7.61. The number of hydrogen-bond acceptors (Lipinski definition) is 7. The van der Waals surface area contributed by atoms with Gasteiger partial charge in [-0.05, 0) is 49.4 Å². The van der Waals surface area contributed by atoms with Crippen LogP contribution in [0, 0.1) is 0 Å². The van der Waals surface area contributed by atoms with Crippen LogP contribution < -0.4 is 14.2 Å². The standard InChI is InChI=1S/C20H18F3NO7S/c1-13(2)19(26)30-11-10-29-16-5-3-4-14(12-16)18(25)24-32(27,28)17-8-6-15(7-9-17)31-20(21,22)23/h3-9,12H,1,10-11H2,2H3,(H,24,25). The Kier molecular flexibility index (Phi) is 7.87. The van der Waals surface area contributed by atoms with Crippen LogP contribution in [0.2, 0.25) is 0 Å². The number of carbonyl (C=O) groups is 2. The summed E-state index contributed by atoms with van der Waals surface area (Å²) in [4.78, 5) is 23.2. The quantitative estimate of drug-likeness (QED) is 0.339. The summed E-state index contributed by atoms with van der Waals surface area (Å²) in [5.74, 6) is -1.96. The summed E-state index contributed by atoms with van der Waals surface area (Å²) < 4.78 is 77.0. The summed E-state index contributed by atoms with van der Waals surface area (Å²) in [6.45, 7) is 4.84. The number of ether oxygens (including phenoxy) is 3. The topological polar surface area (TPSA) is 108 Å². The van der Waals surface area contributed by atoms with E-state index in [9.17, 15) is 31.2 Å². The highest BCUT2D eigenvalue weighted by molar-refractivity contribution is 7.90. The molecule has 0 atom stereocenters. The molecule has 0 aliphatic rings. The highest BCUT2D eigenvalue weighted by atomic mass is 32.2. The van der Waals surface area contributed by atoms with Crippen LogP contribution in [0.3, 0.4) is 0 Å². The zero-order valence-electron chi connectivity index (χ0n) is 16.6. The highest BCUT2D eigenvalue weighted by Crippen LogP contribution is 2.24. The fraction of sp³-hybridized carbons (Fsp3) is 0.200. The van der Waals surface area contributed by atoms with Crippen molar-refractivity contribution in [3.05, 3.63) is 66.2 Å². The van der Waals surface area contributed by atoms with Crippen LogP contribution >= 0.6 is 0 Å². The number of hydrogen-bond donors (Lipinski definition) is 1. The van der Waals surface area contributed by atoms with Crippen molar-refractivity contribution in [3.8, 4) is 11.5 Å². The highest BCUT2D eigenvalue weighted by Gasteiger charge is 2.31. The Hall–Kier alpha value is -3.54. The van der Waals surface area contributed by atoms with E-state index in [1.165, 1.54) is 31.2 Å². The molecule has 0 unspecified atom stereocenters. The van der Waals surface area contributed by atoms with Gasteiger partial charge in [-0.2, -0.15) is 0 Å². The Labute approximate surface area is 181 Å². The van der Waals surface area contributed by atoms with E-state index in [2.05, 4.69) is 11.3 Å². The summed E-state index contributed by atoms with van der Waals surface area (Å²) in [5, 5.41) is 0. The van der Waals surface area contributed by atoms with Crippen molar-refractivity contribution in [3.63, 3.8) is 0 Å². The molecule has 2 rings (SSSR count). The minimum Gasteiger partial charge on any atom is -0.490 e. The number of nitrogens with one attached hydrogen (secondary N) is 1. The van der Waals surface area contributed by atoms with Gasteiger partial charge >= 0.3 is 12.3 Å². The van der Waals surface area contributed by atoms with Crippen LogP contribution in [0.1, 0.15) is 17.3 Å². The molecule has 1 amide bonds. The molecule has 8 nitrogen and oxygen atoms in total. The van der Waals surface area contributed by atoms with Gasteiger partial charge in [0, 0.05) is 11.1 Å². The number of amides is 1. The minimum absolute atomic E-state index is 0.0191. The van der Waals surface area contributed by atoms with Crippen molar-refractivity contribution >= 4 is 21.9 Å². The maximum absolute atomic E-state index is 12.3. The minimum atomic E-state index is -4.92. The second-order valence-corrected chi connectivity index (χ2v) is 7.93. The molecule has 0 aliphatic heterocycles. The van der Waals surface area contributed by atoms with Crippen LogP contribution in [-0.4, -0.2) is 39.9 Å². The molecule has 0 radical (unpaired) electrons. The number of sulfonamides is 1. The van der Waals surface area contributed by atoms with Gasteiger partial charge in [-0.15, -0.1) is 13.2 Å². The second kappa shape index (κ2) is 10.2. The third-order valence-corrected chi connectivity index (χ3v) is 4.97. The molecule has 0 saturated carbocycles. The summed E-state index contributed by atoms with van der Waals surface area (Å²) in [7, 11) is -4.36. The number of halogens is 3. The summed E-state index contributed by atoms with van der Waals surface area (Å²) in [6.07, 6.45) is -4.92. The van der Waals surface area contributed by atoms with Crippen LogP contribution in [0.25, 0.3) is 0 Å². The molecule has 2 aromatic rings. The van der Waals surface area contributed by atoms with Crippen molar-refractivity contribution in [2.75, 3.05) is 13.2 Å². The Balaban J connectivity index is 2.00. The Morgan fingerprint density at radius 1 is 1.03 bits per heavy atom. The second-order valence-electron chi connectivity index (χ2n) is 6.25. The number of alkyl halides is 3. The van der Waals surface area contributed by atoms with E-state index in [0.717, 1.165) is 24.3 Å². The summed E-state index contributed by atoms with van der Waals surface area (Å²) in [6, 6.07) is 8.89. The lowest BCUT2D eigenvalue weighted by Gasteiger charge is -2.11. The first-order chi connectivity index (χ1) is 14.9. The van der Waals surface area contributed by atoms with Crippen molar-refractivity contribution < 1.29 is 45.4 Å². The Bertz CT molecular complexity index is 1100. The van der Waals surface area contributed by atoms with Gasteiger partial charge in [-0.3, -0.25) is 4.79 Å². The average Bonchev–Trinajstić information content (AvgIpc) is 2.70. The fourth-order valence-electron chi connectivity index (χ4n) is 2.20. The van der Waals surface area contributed by atoms with Gasteiger partial charge in [0.1, 0.15) is 24.7 Å². The van der Waals surface area contributed by atoms with Gasteiger partial charge in [0.25, 0.3) is 15.9 Å². The smallest absolute Gasteiger partial charge is 0.490 e. The van der Waals surface area contributed by atoms with Crippen molar-refractivity contribution in [1.82, 2.24) is 4.72 Å². The molecule has 0 spiro atoms. The zero-order chi connectivity index (χ0) is 23.9. The number of benzene rings is 2. The predicted octanol–water partition coefficient (Wildman–Crippen LogP) is 3.20. The van der Waals surface area contributed by atoms with Crippen LogP contribution in [0.15, 0.2) is 65.6 Å². The molecule has 0 heterocycles. The maximum atomic E-state index is 12.3. The first-order valence-electron chi connectivity index (χ1n) is 8.86. The van der Waals surface area contributed by atoms with E-state index in [1.54, 1.807) is 0 Å². The molecule has 1 N–H and O–H groups in total. The van der Waals surface area contributed by atoms with Gasteiger partial charge in [0.2, 0.25) is 0 Å². The molecular weight excluding hydrogens is 455 g/mol. The van der Waals surface area contributed by atoms with Crippen LogP contribution in [0.4, 0.5) is 13.2 Å². The van der Waals surface area contributed by atoms with Gasteiger partial charge in [-0.1, -0.05) is 12.6 Å².